The molecule has 0 heterocycles. The van der Waals surface area contributed by atoms with Gasteiger partial charge in [-0.1, -0.05) is 218 Å². The lowest BCUT2D eigenvalue weighted by Crippen LogP contribution is -2.68. The van der Waals surface area contributed by atoms with Gasteiger partial charge in [0.1, 0.15) is 38.0 Å². The number of aliphatic hydroxyl groups excluding tert-OH is 1. The van der Waals surface area contributed by atoms with Crippen LogP contribution in [0.15, 0.2) is 231 Å². The molecule has 0 radical (unpaired) electrons. The van der Waals surface area contributed by atoms with Gasteiger partial charge in [-0.3, -0.25) is 13.8 Å². The van der Waals surface area contributed by atoms with Crippen molar-refractivity contribution in [1.29, 1.82) is 0 Å². The number of ether oxygens (including phenoxy) is 5. The Morgan fingerprint density at radius 2 is 0.920 bits per heavy atom. The van der Waals surface area contributed by atoms with Crippen molar-refractivity contribution in [3.05, 3.63) is 275 Å². The van der Waals surface area contributed by atoms with E-state index in [1.54, 1.807) is 84.9 Å². The highest BCUT2D eigenvalue weighted by Crippen LogP contribution is 2.53. The van der Waals surface area contributed by atoms with Gasteiger partial charge in [-0.15, -0.1) is 0 Å². The summed E-state index contributed by atoms with van der Waals surface area (Å²) < 4.78 is 62.7. The van der Waals surface area contributed by atoms with Gasteiger partial charge in [-0.25, -0.2) is 24.4 Å². The Morgan fingerprint density at radius 1 is 0.494 bits per heavy atom. The molecule has 0 saturated carbocycles. The summed E-state index contributed by atoms with van der Waals surface area (Å²) in [7, 11) is -4.49. The monoisotopic (exact) mass is 1200 g/mol. The summed E-state index contributed by atoms with van der Waals surface area (Å²) >= 11 is 0. The number of hydrogen-bond acceptors (Lipinski definition) is 15. The fourth-order valence-electron chi connectivity index (χ4n) is 8.85. The maximum Gasteiger partial charge on any atom is 0.530 e. The number of unbranched alkanes of at least 4 members (excludes halogenated alkanes) is 1. The van der Waals surface area contributed by atoms with E-state index in [1.807, 2.05) is 140 Å². The quantitative estimate of drug-likeness (QED) is 0.00751. The van der Waals surface area contributed by atoms with Crippen LogP contribution in [0.1, 0.15) is 70.7 Å². The lowest BCUT2D eigenvalue weighted by molar-refractivity contribution is -0.241. The minimum atomic E-state index is -4.49. The minimum absolute atomic E-state index is 0.00257. The van der Waals surface area contributed by atoms with E-state index < -0.39 is 49.9 Å². The van der Waals surface area contributed by atoms with Crippen LogP contribution in [0.3, 0.4) is 0 Å². The molecule has 19 heteroatoms. The first kappa shape index (κ1) is 63.9. The number of carbonyl (C=O) groups is 4. The van der Waals surface area contributed by atoms with Crippen LogP contribution in [-0.4, -0.2) is 58.7 Å². The number of carbonyl (C=O) groups excluding carboxylic acids is 4. The standard InChI is InChI=1S/C68H71N4O14P/c1-68(72(67(77)83-49-56-33-17-6-18-34-56)71-66(76)82-48-55-31-15-5-16-32-55,64(74)70-60(63(73)80-46-53-27-11-3-12-28-53)39-23-24-42-69-65(75)81-47-54-29-13-4-14-30-54)44-59-40-41-61(62(43-59)79-45-52-25-9-2-10-26-52)86-87(78,84-50-57-35-19-7-20-36-57)85-51-58-37-21-8-22-38-58/h2-22,25-38,40-41,43,60,67,77H,23-24,39,42,44-51H2,1H3,(H,69,75)(H,70,74)(H,71,76)/t60-,67?,68-/m0/s1. The molecule has 3 atom stereocenters. The van der Waals surface area contributed by atoms with E-state index in [4.69, 9.17) is 37.3 Å². The second-order valence-electron chi connectivity index (χ2n) is 20.3. The molecule has 1 unspecified atom stereocenters. The van der Waals surface area contributed by atoms with Crippen LogP contribution >= 0.6 is 7.82 Å². The van der Waals surface area contributed by atoms with Crippen LogP contribution in [0.4, 0.5) is 9.59 Å². The Bertz CT molecular complexity index is 3370. The number of aliphatic hydroxyl groups is 1. The van der Waals surface area contributed by atoms with Crippen molar-refractivity contribution in [3.63, 3.8) is 0 Å². The first-order chi connectivity index (χ1) is 42.4. The van der Waals surface area contributed by atoms with Gasteiger partial charge in [0, 0.05) is 13.0 Å². The molecule has 452 valence electrons. The van der Waals surface area contributed by atoms with Crippen molar-refractivity contribution in [2.75, 3.05) is 6.54 Å². The number of phosphoric ester groups is 1. The normalized spacial score (nSPS) is 12.6. The number of esters is 1. The van der Waals surface area contributed by atoms with Crippen molar-refractivity contribution >= 4 is 31.9 Å². The zero-order chi connectivity index (χ0) is 60.9. The van der Waals surface area contributed by atoms with Gasteiger partial charge in [0.25, 0.3) is 0 Å². The number of benzene rings is 8. The van der Waals surface area contributed by atoms with Crippen molar-refractivity contribution < 1.29 is 66.1 Å². The van der Waals surface area contributed by atoms with Crippen molar-refractivity contribution in [3.8, 4) is 11.5 Å². The highest BCUT2D eigenvalue weighted by Gasteiger charge is 2.47. The summed E-state index contributed by atoms with van der Waals surface area (Å²) in [5.74, 6) is -1.65. The molecule has 3 amide bonds. The molecule has 0 fully saturated rings. The second-order valence-corrected chi connectivity index (χ2v) is 21.9. The average Bonchev–Trinajstić information content (AvgIpc) is 1.86. The van der Waals surface area contributed by atoms with Gasteiger partial charge in [0.2, 0.25) is 12.3 Å². The highest BCUT2D eigenvalue weighted by molar-refractivity contribution is 7.48. The summed E-state index contributed by atoms with van der Waals surface area (Å²) in [6.45, 7) is 0.960. The van der Waals surface area contributed by atoms with Crippen molar-refractivity contribution in [1.82, 2.24) is 21.1 Å². The second kappa shape index (κ2) is 33.5. The van der Waals surface area contributed by atoms with Gasteiger partial charge < -0.3 is 43.9 Å². The fourth-order valence-corrected chi connectivity index (χ4v) is 10.0. The summed E-state index contributed by atoms with van der Waals surface area (Å²) in [4.78, 5) is 56.8. The number of amides is 3. The topological polar surface area (TPSA) is 219 Å². The third-order valence-corrected chi connectivity index (χ3v) is 14.9. The Hall–Kier alpha value is -9.13. The smallest absolute Gasteiger partial charge is 0.485 e. The lowest BCUT2D eigenvalue weighted by atomic mass is 9.90. The van der Waals surface area contributed by atoms with Crippen LogP contribution in [0, 0.1) is 0 Å². The number of nitrogens with one attached hydrogen (secondary N) is 3. The SMILES string of the molecule is C[C@](Cc1ccc(OP(=O)(OCc2ccccc2)OCc2ccccc2)c(OCc2ccccc2)c1)(C(=O)N[C@@H](CCCCNC(=O)OCc1ccccc1)C(=O)OCc1ccccc1)N(NC(=O)OCc1ccccc1)C(O)OCc1ccccc1. The van der Waals surface area contributed by atoms with Gasteiger partial charge in [-0.05, 0) is 82.8 Å². The van der Waals surface area contributed by atoms with Crippen molar-refractivity contribution in [2.24, 2.45) is 0 Å². The molecule has 0 aliphatic rings. The Balaban J connectivity index is 1.13. The molecular weight excluding hydrogens is 1130 g/mol. The minimum Gasteiger partial charge on any atom is -0.485 e. The Labute approximate surface area is 506 Å². The van der Waals surface area contributed by atoms with Crippen molar-refractivity contribution in [2.45, 2.75) is 96.8 Å². The molecule has 0 spiro atoms. The molecule has 0 saturated heterocycles. The van der Waals surface area contributed by atoms with E-state index in [0.717, 1.165) is 16.1 Å². The number of nitrogens with zero attached hydrogens (tertiary/aromatic N) is 1. The van der Waals surface area contributed by atoms with Gasteiger partial charge in [0.05, 0.1) is 19.8 Å². The molecule has 18 nitrogen and oxygen atoms in total. The predicted molar refractivity (Wildman–Crippen MR) is 326 cm³/mol. The number of phosphoric acid groups is 1. The van der Waals surface area contributed by atoms with Crippen LogP contribution in [0.2, 0.25) is 0 Å². The molecule has 0 bridgehead atoms. The van der Waals surface area contributed by atoms with E-state index in [-0.39, 0.29) is 77.1 Å². The molecular formula is C68H71N4O14P. The zero-order valence-corrected chi connectivity index (χ0v) is 49.1. The number of hydrazine groups is 1. The lowest BCUT2D eigenvalue weighted by Gasteiger charge is -2.42. The number of hydrogen-bond donors (Lipinski definition) is 4. The van der Waals surface area contributed by atoms with Crippen LogP contribution < -0.4 is 25.3 Å². The molecule has 4 N–H and O–H groups in total. The maximum absolute atomic E-state index is 15.7. The van der Waals surface area contributed by atoms with E-state index in [0.29, 0.717) is 46.2 Å². The molecule has 87 heavy (non-hydrogen) atoms. The highest BCUT2D eigenvalue weighted by atomic mass is 31.2. The zero-order valence-electron chi connectivity index (χ0n) is 48.2. The van der Waals surface area contributed by atoms with E-state index in [2.05, 4.69) is 16.1 Å². The van der Waals surface area contributed by atoms with Crippen LogP contribution in [-0.2, 0) is 94.8 Å². The number of alkyl carbamates (subject to hydrolysis) is 1. The first-order valence-corrected chi connectivity index (χ1v) is 29.9. The van der Waals surface area contributed by atoms with Crippen LogP contribution in [0.25, 0.3) is 0 Å². The molecule has 8 aromatic carbocycles. The Morgan fingerprint density at radius 3 is 1.40 bits per heavy atom. The molecule has 0 aromatic heterocycles. The average molecular weight is 1200 g/mol. The van der Waals surface area contributed by atoms with E-state index >= 15 is 4.79 Å². The first-order valence-electron chi connectivity index (χ1n) is 28.4. The molecule has 0 aliphatic heterocycles. The predicted octanol–water partition coefficient (Wildman–Crippen LogP) is 12.4. The van der Waals surface area contributed by atoms with Gasteiger partial charge in [-0.2, -0.15) is 5.01 Å². The summed E-state index contributed by atoms with van der Waals surface area (Å²) in [6, 6.07) is 67.0. The number of rotatable bonds is 33. The summed E-state index contributed by atoms with van der Waals surface area (Å²) in [5.41, 5.74) is 5.85. The maximum atomic E-state index is 15.7. The van der Waals surface area contributed by atoms with Gasteiger partial charge >= 0.3 is 26.0 Å². The summed E-state index contributed by atoms with van der Waals surface area (Å²) in [6.07, 6.45) is -3.42. The Kier molecular flexibility index (Phi) is 24.6. The van der Waals surface area contributed by atoms with E-state index in [9.17, 15) is 24.1 Å². The molecule has 8 rings (SSSR count). The van der Waals surface area contributed by atoms with Crippen LogP contribution in [0.5, 0.6) is 11.5 Å². The fraction of sp³-hybridized carbons (Fsp3) is 0.235. The van der Waals surface area contributed by atoms with Gasteiger partial charge in [0.15, 0.2) is 11.5 Å². The molecule has 0 aliphatic carbocycles. The molecule has 8 aromatic rings. The summed E-state index contributed by atoms with van der Waals surface area (Å²) in [5, 5.41) is 18.8. The third-order valence-electron chi connectivity index (χ3n) is 13.6. The van der Waals surface area contributed by atoms with E-state index in [1.165, 1.54) is 13.0 Å². The third kappa shape index (κ3) is 21.1. The largest absolute Gasteiger partial charge is 0.530 e.